The molecule has 240 valence electrons. The minimum atomic E-state index is -4.60. The Balaban J connectivity index is 1.30. The maximum absolute atomic E-state index is 14.9. The van der Waals surface area contributed by atoms with Crippen molar-refractivity contribution in [1.82, 2.24) is 38.6 Å². The molecule has 16 heteroatoms. The largest absolute Gasteiger partial charge is 0.480 e. The molecule has 1 aromatic carbocycles. The Hall–Kier alpha value is -4.76. The van der Waals surface area contributed by atoms with Gasteiger partial charge < -0.3 is 9.30 Å². The van der Waals surface area contributed by atoms with Gasteiger partial charge in [-0.15, -0.1) is 0 Å². The summed E-state index contributed by atoms with van der Waals surface area (Å²) >= 11 is 0. The summed E-state index contributed by atoms with van der Waals surface area (Å²) in [4.78, 5) is 21.4. The molecule has 2 saturated carbocycles. The fourth-order valence-corrected chi connectivity index (χ4v) is 5.75. The molecule has 0 radical (unpaired) electrons. The van der Waals surface area contributed by atoms with Crippen molar-refractivity contribution in [1.29, 1.82) is 5.41 Å². The Morgan fingerprint density at radius 2 is 1.74 bits per heavy atom. The van der Waals surface area contributed by atoms with Crippen LogP contribution in [0.1, 0.15) is 67.3 Å². The summed E-state index contributed by atoms with van der Waals surface area (Å²) in [6.07, 6.45) is -3.02. The van der Waals surface area contributed by atoms with Crippen molar-refractivity contribution in [3.8, 4) is 28.7 Å². The van der Waals surface area contributed by atoms with Crippen LogP contribution in [0.25, 0.3) is 33.9 Å². The van der Waals surface area contributed by atoms with Crippen molar-refractivity contribution in [3.05, 3.63) is 65.6 Å². The molecule has 7 rings (SSSR count). The van der Waals surface area contributed by atoms with Crippen LogP contribution in [0.4, 0.5) is 26.3 Å². The molecular weight excluding hydrogens is 616 g/mol. The van der Waals surface area contributed by atoms with Gasteiger partial charge in [0.05, 0.1) is 25.5 Å². The van der Waals surface area contributed by atoms with Crippen molar-refractivity contribution in [3.63, 3.8) is 0 Å². The molecule has 10 nitrogen and oxygen atoms in total. The first-order valence-corrected chi connectivity index (χ1v) is 14.6. The third-order valence-electron chi connectivity index (χ3n) is 8.47. The highest BCUT2D eigenvalue weighted by molar-refractivity contribution is 5.76. The molecule has 0 aliphatic heterocycles. The van der Waals surface area contributed by atoms with Gasteiger partial charge in [0.1, 0.15) is 23.2 Å². The highest BCUT2D eigenvalue weighted by atomic mass is 19.4. The van der Waals surface area contributed by atoms with E-state index in [0.717, 1.165) is 38.3 Å². The Kier molecular flexibility index (Phi) is 7.31. The summed E-state index contributed by atoms with van der Waals surface area (Å²) in [7, 11) is 1.43. The van der Waals surface area contributed by atoms with Gasteiger partial charge in [0, 0.05) is 23.7 Å². The number of hydrogen-bond acceptors (Lipinski definition) is 7. The molecule has 2 aliphatic rings. The number of hydrogen-bond donors (Lipinski definition) is 1. The number of nitrogens with zero attached hydrogens (tertiary/aromatic N) is 8. The lowest BCUT2D eigenvalue weighted by Crippen LogP contribution is -2.29. The van der Waals surface area contributed by atoms with Gasteiger partial charge in [0.15, 0.2) is 17.2 Å². The number of halogens is 6. The van der Waals surface area contributed by atoms with E-state index in [1.165, 1.54) is 24.2 Å². The van der Waals surface area contributed by atoms with Crippen LogP contribution in [0.2, 0.25) is 0 Å². The number of nitrogens with one attached hydrogen (secondary N) is 1. The third kappa shape index (κ3) is 5.18. The van der Waals surface area contributed by atoms with Gasteiger partial charge in [-0.2, -0.15) is 13.2 Å². The van der Waals surface area contributed by atoms with Crippen LogP contribution in [0, 0.1) is 5.41 Å². The average Bonchev–Trinajstić information content (AvgIpc) is 3.71. The molecule has 0 saturated heterocycles. The van der Waals surface area contributed by atoms with E-state index in [4.69, 9.17) is 10.1 Å². The number of rotatable bonds is 9. The molecule has 0 amide bonds. The predicted molar refractivity (Wildman–Crippen MR) is 152 cm³/mol. The zero-order valence-corrected chi connectivity index (χ0v) is 24.3. The average molecular weight is 644 g/mol. The Morgan fingerprint density at radius 1 is 1.00 bits per heavy atom. The van der Waals surface area contributed by atoms with Crippen molar-refractivity contribution < 1.29 is 31.1 Å². The summed E-state index contributed by atoms with van der Waals surface area (Å²) in [5, 5.41) is 8.68. The lowest BCUT2D eigenvalue weighted by molar-refractivity contribution is -0.140. The van der Waals surface area contributed by atoms with E-state index < -0.39 is 30.2 Å². The van der Waals surface area contributed by atoms with Crippen LogP contribution in [-0.4, -0.2) is 52.2 Å². The number of imidazole rings is 2. The van der Waals surface area contributed by atoms with E-state index >= 15 is 0 Å². The first-order valence-electron chi connectivity index (χ1n) is 14.6. The Morgan fingerprint density at radius 3 is 2.35 bits per heavy atom. The minimum Gasteiger partial charge on any atom is -0.480 e. The first-order chi connectivity index (χ1) is 22.0. The van der Waals surface area contributed by atoms with Crippen molar-refractivity contribution in [2.24, 2.45) is 0 Å². The molecule has 2 aliphatic carbocycles. The molecule has 1 atom stereocenters. The summed E-state index contributed by atoms with van der Waals surface area (Å²) in [6, 6.07) is 6.43. The molecule has 1 unspecified atom stereocenters. The van der Waals surface area contributed by atoms with E-state index in [1.807, 2.05) is 0 Å². The number of aromatic nitrogens is 8. The second-order valence-electron chi connectivity index (χ2n) is 11.4. The highest BCUT2D eigenvalue weighted by Crippen LogP contribution is 2.45. The Labute approximate surface area is 257 Å². The number of fused-ring (bicyclic) bond motifs is 1. The zero-order valence-electron chi connectivity index (χ0n) is 24.3. The van der Waals surface area contributed by atoms with E-state index in [9.17, 15) is 26.3 Å². The van der Waals surface area contributed by atoms with Crippen LogP contribution >= 0.6 is 0 Å². The van der Waals surface area contributed by atoms with Gasteiger partial charge >= 0.3 is 6.18 Å². The predicted octanol–water partition coefficient (Wildman–Crippen LogP) is 6.44. The van der Waals surface area contributed by atoms with Gasteiger partial charge in [0.25, 0.3) is 6.43 Å². The van der Waals surface area contributed by atoms with Crippen LogP contribution in [0.3, 0.4) is 0 Å². The molecule has 0 spiro atoms. The smallest absolute Gasteiger partial charge is 0.434 e. The van der Waals surface area contributed by atoms with E-state index in [1.54, 1.807) is 28.8 Å². The van der Waals surface area contributed by atoms with Crippen molar-refractivity contribution in [2.75, 3.05) is 7.11 Å². The summed E-state index contributed by atoms with van der Waals surface area (Å²) in [5.74, 6) is 0.682. The monoisotopic (exact) mass is 643 g/mol. The van der Waals surface area contributed by atoms with Crippen molar-refractivity contribution >= 4 is 11.2 Å². The fourth-order valence-electron chi connectivity index (χ4n) is 5.75. The lowest BCUT2D eigenvalue weighted by Gasteiger charge is -2.28. The van der Waals surface area contributed by atoms with E-state index in [2.05, 4.69) is 24.9 Å². The summed E-state index contributed by atoms with van der Waals surface area (Å²) in [5.41, 5.74) is 0.466. The minimum absolute atomic E-state index is 0.0189. The maximum atomic E-state index is 14.9. The van der Waals surface area contributed by atoms with Gasteiger partial charge in [-0.1, -0.05) is 24.3 Å². The number of ether oxygens (including phenoxy) is 1. The van der Waals surface area contributed by atoms with Crippen LogP contribution in [0.5, 0.6) is 5.88 Å². The van der Waals surface area contributed by atoms with Gasteiger partial charge in [0.2, 0.25) is 17.8 Å². The third-order valence-corrected chi connectivity index (χ3v) is 8.47. The summed E-state index contributed by atoms with van der Waals surface area (Å²) in [6.45, 7) is -0.0855. The van der Waals surface area contributed by atoms with E-state index in [0.29, 0.717) is 27.0 Å². The molecular formula is C30H27F6N9O. The molecule has 4 heterocycles. The topological polar surface area (TPSA) is 112 Å². The van der Waals surface area contributed by atoms with Crippen molar-refractivity contribution in [2.45, 2.75) is 69.5 Å². The fraction of sp³-hybridized carbons (Fsp3) is 0.400. The Bertz CT molecular complexity index is 1970. The molecule has 1 N–H and O–H groups in total. The standard InChI is InChI=1S/C30H27F6N9O/c1-46-28-21(22(16-9-10-16)39-14-40-28)25-38-11-19-27(42-25)44(29(37)45(19)24(33)23(31)32)12-15-5-7-17(8-6-15)26-41-20(30(34,35)36)13-43(26)18-3-2-4-18/h5-8,11,13-14,16,18,23-24,37H,2-4,9-10,12H2,1H3. The molecule has 4 aromatic heterocycles. The van der Waals surface area contributed by atoms with Crippen LogP contribution < -0.4 is 10.4 Å². The number of methoxy groups -OCH3 is 1. The van der Waals surface area contributed by atoms with Crippen LogP contribution in [0.15, 0.2) is 43.0 Å². The zero-order chi connectivity index (χ0) is 32.3. The summed E-state index contributed by atoms with van der Waals surface area (Å²) < 4.78 is 91.4. The molecule has 5 aromatic rings. The number of benzene rings is 1. The van der Waals surface area contributed by atoms with Gasteiger partial charge in [-0.25, -0.2) is 38.1 Å². The first kappa shape index (κ1) is 29.9. The highest BCUT2D eigenvalue weighted by Gasteiger charge is 2.37. The normalized spacial score (nSPS) is 16.3. The molecule has 2 fully saturated rings. The number of alkyl halides is 6. The van der Waals surface area contributed by atoms with Gasteiger partial charge in [-0.3, -0.25) is 14.5 Å². The SMILES string of the molecule is COc1ncnc(C2CC2)c1-c1ncc2c(n1)n(Cc1ccc(-c3nc(C(F)(F)F)cn3C3CCC3)cc1)c(=N)n2C(F)C(F)F. The second kappa shape index (κ2) is 11.2. The molecule has 0 bridgehead atoms. The van der Waals surface area contributed by atoms with Gasteiger partial charge in [-0.05, 0) is 37.7 Å². The quantitative estimate of drug-likeness (QED) is 0.185. The van der Waals surface area contributed by atoms with E-state index in [-0.39, 0.29) is 47.2 Å². The van der Waals surface area contributed by atoms with Crippen LogP contribution in [-0.2, 0) is 12.7 Å². The maximum Gasteiger partial charge on any atom is 0.434 e. The second-order valence-corrected chi connectivity index (χ2v) is 11.4. The molecule has 46 heavy (non-hydrogen) atoms. The lowest BCUT2D eigenvalue weighted by atomic mass is 9.92.